The molecule has 0 radical (unpaired) electrons. The second-order valence-electron chi connectivity index (χ2n) is 8.08. The van der Waals surface area contributed by atoms with E-state index in [0.717, 1.165) is 10.8 Å². The minimum Gasteiger partial charge on any atom is -1.00 e. The fourth-order valence-electron chi connectivity index (χ4n) is 2.64. The summed E-state index contributed by atoms with van der Waals surface area (Å²) in [5.74, 6) is 0. The van der Waals surface area contributed by atoms with Crippen LogP contribution in [0.4, 0.5) is 0 Å². The standard InChI is InChI=1S/C12H20N.C10H7.2ClH.Ti/c1-11(2,3)9-7-13-8-10(9)12(4,5)6;1-8-6-9-4-2-3-5-10(9)7-8;;;/h7,13H,1-6H3;2-6H,1H2;2*1H;/q2*-1;;;+4/p-2. The largest absolute Gasteiger partial charge is 4.00 e. The number of benzene rings is 1. The molecule has 0 saturated heterocycles. The molecule has 26 heavy (non-hydrogen) atoms. The summed E-state index contributed by atoms with van der Waals surface area (Å²) in [5.41, 5.74) is 4.04. The number of H-pyrrole nitrogens is 1. The zero-order valence-corrected chi connectivity index (χ0v) is 19.5. The normalized spacial score (nSPS) is 12.0. The van der Waals surface area contributed by atoms with E-state index in [2.05, 4.69) is 77.6 Å². The number of allylic oxidation sites excluding steroid dienone is 1. The first-order valence-electron chi connectivity index (χ1n) is 8.09. The Kier molecular flexibility index (Phi) is 11.2. The third-order valence-corrected chi connectivity index (χ3v) is 3.83. The van der Waals surface area contributed by atoms with Crippen molar-refractivity contribution in [1.29, 1.82) is 0 Å². The number of hydrogen-bond acceptors (Lipinski definition) is 0. The van der Waals surface area contributed by atoms with Gasteiger partial charge in [-0.15, -0.1) is 52.2 Å². The van der Waals surface area contributed by atoms with Gasteiger partial charge in [0.25, 0.3) is 0 Å². The van der Waals surface area contributed by atoms with Gasteiger partial charge >= 0.3 is 21.7 Å². The summed E-state index contributed by atoms with van der Waals surface area (Å²) in [7, 11) is 0. The fraction of sp³-hybridized carbons (Fsp3) is 0.364. The predicted molar refractivity (Wildman–Crippen MR) is 99.7 cm³/mol. The van der Waals surface area contributed by atoms with Gasteiger partial charge in [-0.1, -0.05) is 65.2 Å². The van der Waals surface area contributed by atoms with E-state index >= 15 is 0 Å². The fourth-order valence-corrected chi connectivity index (χ4v) is 2.64. The minimum absolute atomic E-state index is 0. The molecule has 0 spiro atoms. The van der Waals surface area contributed by atoms with Gasteiger partial charge in [0.1, 0.15) is 0 Å². The molecule has 1 aliphatic rings. The summed E-state index contributed by atoms with van der Waals surface area (Å²) in [4.78, 5) is 3.09. The zero-order valence-electron chi connectivity index (χ0n) is 16.4. The van der Waals surface area contributed by atoms with Crippen molar-refractivity contribution in [2.75, 3.05) is 0 Å². The second-order valence-corrected chi connectivity index (χ2v) is 8.08. The van der Waals surface area contributed by atoms with Crippen LogP contribution in [0.25, 0.3) is 12.2 Å². The van der Waals surface area contributed by atoms with Crippen LogP contribution in [0.15, 0.2) is 42.6 Å². The van der Waals surface area contributed by atoms with Gasteiger partial charge in [0.2, 0.25) is 0 Å². The Balaban J connectivity index is 0. The van der Waals surface area contributed by atoms with Gasteiger partial charge in [-0.25, -0.2) is 0 Å². The molecule has 0 amide bonds. The second kappa shape index (κ2) is 10.6. The summed E-state index contributed by atoms with van der Waals surface area (Å²) < 4.78 is 0. The molecule has 1 N–H and O–H groups in total. The molecule has 0 saturated carbocycles. The number of nitrogens with one attached hydrogen (secondary N) is 1. The first-order valence-corrected chi connectivity index (χ1v) is 8.09. The van der Waals surface area contributed by atoms with E-state index in [1.807, 2.05) is 24.3 Å². The number of rotatable bonds is 0. The third kappa shape index (κ3) is 7.12. The van der Waals surface area contributed by atoms with Crippen molar-refractivity contribution in [3.63, 3.8) is 0 Å². The van der Waals surface area contributed by atoms with Crippen molar-refractivity contribution in [3.8, 4) is 0 Å². The Morgan fingerprint density at radius 2 is 1.50 bits per heavy atom. The molecular weight excluding hydrogens is 397 g/mol. The van der Waals surface area contributed by atoms with Crippen LogP contribution in [-0.2, 0) is 32.5 Å². The molecular formula is C22H27Cl2NTi. The number of aromatic nitrogens is 1. The van der Waals surface area contributed by atoms with Crippen LogP contribution in [-0.4, -0.2) is 4.98 Å². The van der Waals surface area contributed by atoms with E-state index in [4.69, 9.17) is 0 Å². The number of aromatic amines is 1. The third-order valence-electron chi connectivity index (χ3n) is 3.83. The molecule has 0 unspecified atom stereocenters. The number of halogens is 2. The molecule has 0 fully saturated rings. The first-order chi connectivity index (χ1) is 10.6. The smallest absolute Gasteiger partial charge is 1.00 e. The quantitative estimate of drug-likeness (QED) is 0.376. The summed E-state index contributed by atoms with van der Waals surface area (Å²) in [6, 6.07) is 8.15. The van der Waals surface area contributed by atoms with Crippen LogP contribution in [0.2, 0.25) is 0 Å². The maximum Gasteiger partial charge on any atom is 4.00 e. The minimum atomic E-state index is 0. The summed E-state index contributed by atoms with van der Waals surface area (Å²) in [6.07, 6.45) is 10.5. The van der Waals surface area contributed by atoms with Gasteiger partial charge < -0.3 is 29.8 Å². The maximum absolute atomic E-state index is 3.80. The van der Waals surface area contributed by atoms with E-state index in [-0.39, 0.29) is 57.4 Å². The average molecular weight is 424 g/mol. The molecule has 3 rings (SSSR count). The molecule has 0 atom stereocenters. The van der Waals surface area contributed by atoms with Crippen LogP contribution < -0.4 is 35.3 Å². The molecule has 1 aliphatic carbocycles. The molecule has 2 aromatic rings. The topological polar surface area (TPSA) is 15.8 Å². The predicted octanol–water partition coefficient (Wildman–Crippen LogP) is -1.89. The zero-order chi connectivity index (χ0) is 17.3. The molecule has 1 aromatic heterocycles. The Labute approximate surface area is 185 Å². The molecule has 1 aromatic carbocycles. The number of hydrogen-bond donors (Lipinski definition) is 1. The SMILES string of the molecule is C=C1[C-]=c2ccccc2=C1.CC(C)(C)c1[c-][nH]cc1C(C)(C)C.[Cl-].[Cl-].[Ti+4]. The average Bonchev–Trinajstić information content (AvgIpc) is 3.02. The van der Waals surface area contributed by atoms with Crippen molar-refractivity contribution in [2.45, 2.75) is 52.4 Å². The van der Waals surface area contributed by atoms with E-state index < -0.39 is 0 Å². The van der Waals surface area contributed by atoms with Crippen molar-refractivity contribution < 1.29 is 46.5 Å². The van der Waals surface area contributed by atoms with Crippen molar-refractivity contribution in [1.82, 2.24) is 4.98 Å². The molecule has 4 heteroatoms. The summed E-state index contributed by atoms with van der Waals surface area (Å²) in [6.45, 7) is 17.2. The molecule has 138 valence electrons. The van der Waals surface area contributed by atoms with Gasteiger partial charge in [-0.2, -0.15) is 12.1 Å². The molecule has 1 heterocycles. The summed E-state index contributed by atoms with van der Waals surface area (Å²) >= 11 is 0. The van der Waals surface area contributed by atoms with Gasteiger partial charge in [0, 0.05) is 0 Å². The molecule has 1 nitrogen and oxygen atoms in total. The van der Waals surface area contributed by atoms with Crippen molar-refractivity contribution >= 4 is 12.2 Å². The maximum atomic E-state index is 3.80. The van der Waals surface area contributed by atoms with E-state index in [0.29, 0.717) is 0 Å². The van der Waals surface area contributed by atoms with Crippen LogP contribution in [0, 0.1) is 6.20 Å². The van der Waals surface area contributed by atoms with Gasteiger partial charge in [0.15, 0.2) is 0 Å². The monoisotopic (exact) mass is 423 g/mol. The van der Waals surface area contributed by atoms with Crippen LogP contribution in [0.5, 0.6) is 0 Å². The Morgan fingerprint density at radius 1 is 0.923 bits per heavy atom. The molecule has 0 aliphatic heterocycles. The Morgan fingerprint density at radius 3 is 1.96 bits per heavy atom. The van der Waals surface area contributed by atoms with Crippen LogP contribution in [0.1, 0.15) is 52.7 Å². The first kappa shape index (κ1) is 27.5. The van der Waals surface area contributed by atoms with Crippen LogP contribution >= 0.6 is 0 Å². The Bertz CT molecular complexity index is 755. The van der Waals surface area contributed by atoms with E-state index in [1.54, 1.807) is 0 Å². The van der Waals surface area contributed by atoms with Crippen molar-refractivity contribution in [2.24, 2.45) is 0 Å². The molecule has 0 bridgehead atoms. The number of fused-ring (bicyclic) bond motifs is 1. The Hall–Kier alpha value is -0.726. The van der Waals surface area contributed by atoms with Crippen LogP contribution in [0.3, 0.4) is 0 Å². The van der Waals surface area contributed by atoms with E-state index in [1.165, 1.54) is 16.3 Å². The summed E-state index contributed by atoms with van der Waals surface area (Å²) in [5, 5.41) is 2.39. The van der Waals surface area contributed by atoms with Crippen molar-refractivity contribution in [3.05, 3.63) is 70.4 Å². The van der Waals surface area contributed by atoms with E-state index in [9.17, 15) is 0 Å². The van der Waals surface area contributed by atoms with Gasteiger partial charge in [-0.05, 0) is 5.41 Å². The van der Waals surface area contributed by atoms with Gasteiger partial charge in [-0.3, -0.25) is 0 Å². The van der Waals surface area contributed by atoms with Gasteiger partial charge in [0.05, 0.1) is 0 Å².